The van der Waals surface area contributed by atoms with Crippen LogP contribution in [0.25, 0.3) is 0 Å². The minimum Gasteiger partial charge on any atom is -0.516 e. The molecular weight excluding hydrogens is 96.0 g/mol. The molecule has 0 atom stereocenters. The average Bonchev–Trinajstić information content (AvgIpc) is 1.33. The zero-order valence-electron chi connectivity index (χ0n) is 4.09. The third kappa shape index (κ3) is 46.3. The van der Waals surface area contributed by atoms with Gasteiger partial charge in [0.25, 0.3) is 5.97 Å². The van der Waals surface area contributed by atoms with Crippen LogP contribution in [0, 0.1) is 0 Å². The molecule has 42 valence electrons. The summed E-state index contributed by atoms with van der Waals surface area (Å²) in [4.78, 5) is 9.00. The molecule has 0 fully saturated rings. The molecule has 0 aromatic heterocycles. The fraction of sp³-hybridized carbons (Fsp3) is 0.250. The number of aliphatic hydroxyl groups excluding tert-OH is 1. The monoisotopic (exact) mass is 104 g/mol. The largest absolute Gasteiger partial charge is 0.516 e. The van der Waals surface area contributed by atoms with E-state index in [2.05, 4.69) is 6.58 Å². The van der Waals surface area contributed by atoms with E-state index in [1.54, 1.807) is 0 Å². The number of carboxylic acids is 1. The van der Waals surface area contributed by atoms with Gasteiger partial charge in [-0.05, 0) is 0 Å². The van der Waals surface area contributed by atoms with E-state index in [4.69, 9.17) is 15.0 Å². The standard InChI is InChI=1S/C2H4O2.C2H4O/c1-2(3)4;1-2-3/h1H3,(H,3,4);2-3H,1H2. The van der Waals surface area contributed by atoms with Crippen LogP contribution in [-0.2, 0) is 4.79 Å². The van der Waals surface area contributed by atoms with Crippen LogP contribution in [0.3, 0.4) is 0 Å². The second-order valence-corrected chi connectivity index (χ2v) is 0.702. The summed E-state index contributed by atoms with van der Waals surface area (Å²) in [5.41, 5.74) is 0. The highest BCUT2D eigenvalue weighted by molar-refractivity contribution is 5.62. The summed E-state index contributed by atoms with van der Waals surface area (Å²) in [6, 6.07) is 0. The van der Waals surface area contributed by atoms with E-state index in [-0.39, 0.29) is 0 Å². The molecule has 0 unspecified atom stereocenters. The van der Waals surface area contributed by atoms with Crippen LogP contribution in [-0.4, -0.2) is 16.2 Å². The van der Waals surface area contributed by atoms with Gasteiger partial charge in [-0.25, -0.2) is 0 Å². The quantitative estimate of drug-likeness (QED) is 0.446. The highest BCUT2D eigenvalue weighted by atomic mass is 16.4. The lowest BCUT2D eigenvalue weighted by Gasteiger charge is -1.59. The molecule has 0 saturated heterocycles. The maximum absolute atomic E-state index is 9.00. The fourth-order valence-corrected chi connectivity index (χ4v) is 0. The van der Waals surface area contributed by atoms with Gasteiger partial charge in [-0.1, -0.05) is 6.58 Å². The predicted molar refractivity (Wildman–Crippen MR) is 26.1 cm³/mol. The first-order valence-corrected chi connectivity index (χ1v) is 1.59. The molecule has 0 rings (SSSR count). The van der Waals surface area contributed by atoms with Crippen LogP contribution in [0.15, 0.2) is 12.8 Å². The van der Waals surface area contributed by atoms with Gasteiger partial charge >= 0.3 is 0 Å². The third-order valence-electron chi connectivity index (χ3n) is 0. The molecule has 7 heavy (non-hydrogen) atoms. The van der Waals surface area contributed by atoms with Crippen molar-refractivity contribution in [3.8, 4) is 0 Å². The van der Waals surface area contributed by atoms with Gasteiger partial charge in [0.15, 0.2) is 0 Å². The maximum Gasteiger partial charge on any atom is 0.300 e. The Balaban J connectivity index is 0. The van der Waals surface area contributed by atoms with Gasteiger partial charge in [0.05, 0.1) is 6.26 Å². The Kier molecular flexibility index (Phi) is 11.9. The van der Waals surface area contributed by atoms with E-state index in [1.165, 1.54) is 0 Å². The van der Waals surface area contributed by atoms with Crippen LogP contribution in [0.2, 0.25) is 0 Å². The Morgan fingerprint density at radius 2 is 1.86 bits per heavy atom. The predicted octanol–water partition coefficient (Wildman–Crippen LogP) is 0.779. The van der Waals surface area contributed by atoms with Crippen molar-refractivity contribution >= 4 is 5.97 Å². The molecule has 0 saturated carbocycles. The van der Waals surface area contributed by atoms with Gasteiger partial charge in [0, 0.05) is 6.92 Å². The van der Waals surface area contributed by atoms with Crippen molar-refractivity contribution in [1.82, 2.24) is 0 Å². The molecule has 0 spiro atoms. The molecule has 0 aliphatic rings. The Hall–Kier alpha value is -0.990. The summed E-state index contributed by atoms with van der Waals surface area (Å²) in [6.45, 7) is 4.00. The molecule has 0 bridgehead atoms. The minimum absolute atomic E-state index is 0.750. The van der Waals surface area contributed by atoms with Gasteiger partial charge in [-0.15, -0.1) is 0 Å². The van der Waals surface area contributed by atoms with Crippen molar-refractivity contribution in [1.29, 1.82) is 0 Å². The SMILES string of the molecule is C=CO.CC(=O)O. The van der Waals surface area contributed by atoms with Crippen LogP contribution >= 0.6 is 0 Å². The average molecular weight is 104 g/mol. The third-order valence-corrected chi connectivity index (χ3v) is 0. The van der Waals surface area contributed by atoms with Crippen LogP contribution in [0.5, 0.6) is 0 Å². The molecule has 0 radical (unpaired) electrons. The van der Waals surface area contributed by atoms with E-state index in [9.17, 15) is 0 Å². The first-order chi connectivity index (χ1) is 3.15. The van der Waals surface area contributed by atoms with Crippen LogP contribution in [0.4, 0.5) is 0 Å². The molecule has 0 aromatic carbocycles. The lowest BCUT2D eigenvalue weighted by Crippen LogP contribution is -1.78. The first kappa shape index (κ1) is 9.38. The minimum atomic E-state index is -0.833. The summed E-state index contributed by atoms with van der Waals surface area (Å²) in [6.07, 6.45) is 0.750. The van der Waals surface area contributed by atoms with Crippen LogP contribution in [0.1, 0.15) is 6.92 Å². The normalized spacial score (nSPS) is 5.29. The van der Waals surface area contributed by atoms with E-state index >= 15 is 0 Å². The summed E-state index contributed by atoms with van der Waals surface area (Å²) in [7, 11) is 0. The van der Waals surface area contributed by atoms with E-state index in [1.807, 2.05) is 0 Å². The lowest BCUT2D eigenvalue weighted by molar-refractivity contribution is -0.134. The Morgan fingerprint density at radius 1 is 1.86 bits per heavy atom. The highest BCUT2D eigenvalue weighted by Crippen LogP contribution is 1.42. The molecule has 0 aliphatic heterocycles. The van der Waals surface area contributed by atoms with Crippen molar-refractivity contribution in [2.75, 3.05) is 0 Å². The van der Waals surface area contributed by atoms with Crippen molar-refractivity contribution in [3.05, 3.63) is 12.8 Å². The lowest BCUT2D eigenvalue weighted by atomic mass is 10.9. The summed E-state index contributed by atoms with van der Waals surface area (Å²) >= 11 is 0. The topological polar surface area (TPSA) is 57.5 Å². The number of rotatable bonds is 0. The summed E-state index contributed by atoms with van der Waals surface area (Å²) < 4.78 is 0. The molecular formula is C4H8O3. The van der Waals surface area contributed by atoms with Gasteiger partial charge in [-0.2, -0.15) is 0 Å². The molecule has 0 amide bonds. The van der Waals surface area contributed by atoms with E-state index in [0.29, 0.717) is 0 Å². The zero-order chi connectivity index (χ0) is 6.28. The van der Waals surface area contributed by atoms with Crippen molar-refractivity contribution in [3.63, 3.8) is 0 Å². The number of hydrogen-bond donors (Lipinski definition) is 2. The summed E-state index contributed by atoms with van der Waals surface area (Å²) in [5.74, 6) is -0.833. The summed E-state index contributed by atoms with van der Waals surface area (Å²) in [5, 5.41) is 14.8. The molecule has 0 aliphatic carbocycles. The number of aliphatic carboxylic acids is 1. The number of aliphatic hydroxyl groups is 1. The van der Waals surface area contributed by atoms with Gasteiger partial charge < -0.3 is 10.2 Å². The number of carboxylic acid groups (broad SMARTS) is 1. The highest BCUT2D eigenvalue weighted by Gasteiger charge is 1.65. The fourth-order valence-electron chi connectivity index (χ4n) is 0. The van der Waals surface area contributed by atoms with Crippen LogP contribution < -0.4 is 0 Å². The second kappa shape index (κ2) is 8.89. The van der Waals surface area contributed by atoms with E-state index < -0.39 is 5.97 Å². The first-order valence-electron chi connectivity index (χ1n) is 1.59. The van der Waals surface area contributed by atoms with Gasteiger partial charge in [0.1, 0.15) is 0 Å². The molecule has 3 nitrogen and oxygen atoms in total. The van der Waals surface area contributed by atoms with Gasteiger partial charge in [-0.3, -0.25) is 4.79 Å². The van der Waals surface area contributed by atoms with E-state index in [0.717, 1.165) is 13.2 Å². The Bertz CT molecular complexity index is 54.0. The smallest absolute Gasteiger partial charge is 0.300 e. The Morgan fingerprint density at radius 3 is 1.86 bits per heavy atom. The van der Waals surface area contributed by atoms with Crippen molar-refractivity contribution in [2.45, 2.75) is 6.92 Å². The number of hydrogen-bond acceptors (Lipinski definition) is 2. The molecule has 2 N–H and O–H groups in total. The molecule has 0 heterocycles. The second-order valence-electron chi connectivity index (χ2n) is 0.702. The molecule has 0 aromatic rings. The Labute approximate surface area is 41.9 Å². The van der Waals surface area contributed by atoms with Crippen molar-refractivity contribution in [2.24, 2.45) is 0 Å². The maximum atomic E-state index is 9.00. The zero-order valence-corrected chi connectivity index (χ0v) is 4.09. The molecule has 3 heteroatoms. The number of carbonyl (C=O) groups is 1. The van der Waals surface area contributed by atoms with Gasteiger partial charge in [0.2, 0.25) is 0 Å². The van der Waals surface area contributed by atoms with Crippen molar-refractivity contribution < 1.29 is 15.0 Å².